The van der Waals surface area contributed by atoms with Crippen LogP contribution in [0.4, 0.5) is 0 Å². The van der Waals surface area contributed by atoms with E-state index in [9.17, 15) is 0 Å². The Kier molecular flexibility index (Phi) is 8.36. The van der Waals surface area contributed by atoms with Crippen LogP contribution >= 0.6 is 23.2 Å². The van der Waals surface area contributed by atoms with Crippen LogP contribution in [0.5, 0.6) is 0 Å². The average Bonchev–Trinajstić information content (AvgIpc) is 4.01. The number of rotatable bonds is 4. The summed E-state index contributed by atoms with van der Waals surface area (Å²) in [6.45, 7) is 3.03. The molecule has 0 aliphatic carbocycles. The van der Waals surface area contributed by atoms with E-state index in [4.69, 9.17) is 33.2 Å². The summed E-state index contributed by atoms with van der Waals surface area (Å²) in [5, 5.41) is 1.87. The molecule has 2 unspecified atom stereocenters. The standard InChI is InChI=1S/C44H42Cl2N8/c1-51-25-9-5-13-35(51)40-29-17-18-31(47-29)41(36-14-6-10-26-52(36)2)33-21-22-38(49-33)44(46,39-16-8-12-28-54(39)4)43(45)24-23-34(50-43)42(32-20-19-30(40)48-32)37-15-7-11-27-53(37)3/h5-24,48-49H,25-28H2,1-4H3. The fraction of sp³-hybridized carbons (Fsp3) is 0.227. The predicted molar refractivity (Wildman–Crippen MR) is 223 cm³/mol. The van der Waals surface area contributed by atoms with E-state index in [0.717, 1.165) is 98.3 Å². The lowest BCUT2D eigenvalue weighted by molar-refractivity contribution is 0.372. The fourth-order valence-corrected chi connectivity index (χ4v) is 8.96. The van der Waals surface area contributed by atoms with Gasteiger partial charge in [0, 0.05) is 105 Å². The summed E-state index contributed by atoms with van der Waals surface area (Å²) < 4.78 is 0. The Morgan fingerprint density at radius 2 is 1.15 bits per heavy atom. The molecule has 0 saturated carbocycles. The zero-order chi connectivity index (χ0) is 37.2. The Balaban J connectivity index is 1.41. The SMILES string of the molecule is CN1CC=CC=C1C1=C2C=CC(=N2)C(C2=CC=CCN2C)=c2ccc([nH]2)=C(C2=CC=CCN2C)C2=NC(Cl)(C=C2)C(Cl)(C2=CC=CCN2C)c2ccc1[nH]2. The van der Waals surface area contributed by atoms with Gasteiger partial charge in [0.15, 0.2) is 9.87 Å². The summed E-state index contributed by atoms with van der Waals surface area (Å²) in [6.07, 6.45) is 33.7. The Morgan fingerprint density at radius 3 is 1.74 bits per heavy atom. The minimum atomic E-state index is -1.40. The molecule has 0 saturated heterocycles. The summed E-state index contributed by atoms with van der Waals surface area (Å²) in [4.78, 5) is 24.6. The van der Waals surface area contributed by atoms with Gasteiger partial charge in [-0.05, 0) is 72.9 Å². The molecule has 2 N–H and O–H groups in total. The highest BCUT2D eigenvalue weighted by atomic mass is 35.5. The average molecular weight is 754 g/mol. The minimum Gasteiger partial charge on any atom is -0.372 e. The molecule has 9 heterocycles. The van der Waals surface area contributed by atoms with Gasteiger partial charge in [0.25, 0.3) is 0 Å². The van der Waals surface area contributed by atoms with Crippen LogP contribution < -0.4 is 10.7 Å². The summed E-state index contributed by atoms with van der Waals surface area (Å²) >= 11 is 16.0. The fourth-order valence-electron chi connectivity index (χ4n) is 8.18. The lowest BCUT2D eigenvalue weighted by Gasteiger charge is -2.42. The molecular weight excluding hydrogens is 711 g/mol. The molecule has 8 nitrogen and oxygen atoms in total. The van der Waals surface area contributed by atoms with Gasteiger partial charge in [0.2, 0.25) is 0 Å². The van der Waals surface area contributed by atoms with E-state index in [1.165, 1.54) is 0 Å². The summed E-state index contributed by atoms with van der Waals surface area (Å²) in [7, 11) is 8.38. The highest BCUT2D eigenvalue weighted by Gasteiger charge is 2.56. The Hall–Kier alpha value is -5.44. The van der Waals surface area contributed by atoms with Crippen molar-refractivity contribution in [2.24, 2.45) is 9.98 Å². The zero-order valence-corrected chi connectivity index (χ0v) is 32.3. The van der Waals surface area contributed by atoms with Crippen molar-refractivity contribution in [2.45, 2.75) is 9.87 Å². The lowest BCUT2D eigenvalue weighted by atomic mass is 9.89. The monoisotopic (exact) mass is 752 g/mol. The molecule has 10 heteroatoms. The Bertz CT molecular complexity index is 2500. The first-order valence-electron chi connectivity index (χ1n) is 18.3. The van der Waals surface area contributed by atoms with Crippen molar-refractivity contribution < 1.29 is 0 Å². The van der Waals surface area contributed by atoms with Crippen LogP contribution in [0.3, 0.4) is 0 Å². The van der Waals surface area contributed by atoms with Crippen LogP contribution in [0, 0.1) is 0 Å². The first-order valence-corrected chi connectivity index (χ1v) is 19.1. The van der Waals surface area contributed by atoms with E-state index < -0.39 is 9.87 Å². The number of nitrogens with one attached hydrogen (secondary N) is 2. The molecule has 2 aromatic rings. The molecule has 0 amide bonds. The van der Waals surface area contributed by atoms with Crippen molar-refractivity contribution in [3.8, 4) is 0 Å². The van der Waals surface area contributed by atoms with Gasteiger partial charge in [-0.15, -0.1) is 11.6 Å². The molecule has 0 radical (unpaired) electrons. The maximum Gasteiger partial charge on any atom is 0.183 e. The molecule has 2 atom stereocenters. The number of halogens is 2. The molecule has 0 spiro atoms. The number of hydrogen-bond donors (Lipinski definition) is 2. The van der Waals surface area contributed by atoms with Gasteiger partial charge in [0.1, 0.15) is 0 Å². The van der Waals surface area contributed by atoms with Gasteiger partial charge < -0.3 is 29.6 Å². The van der Waals surface area contributed by atoms with Gasteiger partial charge >= 0.3 is 0 Å². The van der Waals surface area contributed by atoms with E-state index in [0.29, 0.717) is 6.54 Å². The zero-order valence-electron chi connectivity index (χ0n) is 30.8. The quantitative estimate of drug-likeness (QED) is 0.297. The first kappa shape index (κ1) is 34.3. The summed E-state index contributed by atoms with van der Waals surface area (Å²) in [6, 6.07) is 8.44. The summed E-state index contributed by atoms with van der Waals surface area (Å²) in [5.41, 5.74) is 11.0. The molecule has 0 aromatic carbocycles. The predicted octanol–water partition coefficient (Wildman–Crippen LogP) is 6.00. The Labute approximate surface area is 325 Å². The third kappa shape index (κ3) is 5.42. The van der Waals surface area contributed by atoms with Crippen LogP contribution in [0.15, 0.2) is 160 Å². The van der Waals surface area contributed by atoms with Gasteiger partial charge in [-0.2, -0.15) is 0 Å². The van der Waals surface area contributed by atoms with E-state index in [2.05, 4.69) is 148 Å². The Morgan fingerprint density at radius 1 is 0.593 bits per heavy atom. The highest BCUT2D eigenvalue weighted by Crippen LogP contribution is 2.54. The molecular formula is C44H42Cl2N8. The van der Waals surface area contributed by atoms with Crippen molar-refractivity contribution in [1.82, 2.24) is 29.6 Å². The van der Waals surface area contributed by atoms with Crippen molar-refractivity contribution in [1.29, 1.82) is 0 Å². The van der Waals surface area contributed by atoms with Crippen molar-refractivity contribution in [3.05, 3.63) is 172 Å². The minimum absolute atomic E-state index is 0.690. The van der Waals surface area contributed by atoms with Crippen LogP contribution in [0.1, 0.15) is 11.4 Å². The number of alkyl halides is 2. The van der Waals surface area contributed by atoms with E-state index in [1.807, 2.05) is 31.4 Å². The third-order valence-electron chi connectivity index (χ3n) is 11.0. The topological polar surface area (TPSA) is 69.3 Å². The second kappa shape index (κ2) is 13.1. The maximum absolute atomic E-state index is 8.11. The van der Waals surface area contributed by atoms with Gasteiger partial charge in [-0.25, -0.2) is 4.99 Å². The normalized spacial score (nSPS) is 26.1. The number of allylic oxidation sites excluding steroid dienone is 14. The molecule has 9 rings (SSSR count). The van der Waals surface area contributed by atoms with Gasteiger partial charge in [-0.1, -0.05) is 60.2 Å². The first-order chi connectivity index (χ1) is 26.2. The molecule has 272 valence electrons. The number of likely N-dealkylation sites (N-methyl/N-ethyl adjacent to an activating group) is 4. The van der Waals surface area contributed by atoms with Crippen LogP contribution in [0.2, 0.25) is 0 Å². The van der Waals surface area contributed by atoms with E-state index >= 15 is 0 Å². The third-order valence-corrected chi connectivity index (χ3v) is 12.3. The highest BCUT2D eigenvalue weighted by molar-refractivity contribution is 6.40. The smallest absolute Gasteiger partial charge is 0.183 e. The molecule has 0 fully saturated rings. The molecule has 7 aliphatic heterocycles. The number of nitrogens with zero attached hydrogens (tertiary/aromatic N) is 6. The number of aromatic amines is 2. The van der Waals surface area contributed by atoms with Gasteiger partial charge in [-0.3, -0.25) is 4.99 Å². The number of fused-ring (bicyclic) bond motifs is 6. The van der Waals surface area contributed by atoms with Crippen LogP contribution in [0.25, 0.3) is 16.7 Å². The second-order valence-corrected chi connectivity index (χ2v) is 15.7. The number of hydrogen-bond acceptors (Lipinski definition) is 6. The molecule has 7 aliphatic rings. The number of H-pyrrole nitrogens is 2. The number of aromatic nitrogens is 2. The van der Waals surface area contributed by atoms with Crippen molar-refractivity contribution in [3.63, 3.8) is 0 Å². The largest absolute Gasteiger partial charge is 0.372 e. The van der Waals surface area contributed by atoms with Crippen molar-refractivity contribution >= 4 is 51.3 Å². The summed E-state index contributed by atoms with van der Waals surface area (Å²) in [5.74, 6) is 0. The van der Waals surface area contributed by atoms with E-state index in [-0.39, 0.29) is 0 Å². The van der Waals surface area contributed by atoms with Crippen molar-refractivity contribution in [2.75, 3.05) is 54.4 Å². The van der Waals surface area contributed by atoms with Crippen LogP contribution in [-0.2, 0) is 4.87 Å². The molecule has 54 heavy (non-hydrogen) atoms. The molecule has 2 aromatic heterocycles. The van der Waals surface area contributed by atoms with E-state index in [1.54, 1.807) is 0 Å². The second-order valence-electron chi connectivity index (χ2n) is 14.5. The lowest BCUT2D eigenvalue weighted by Crippen LogP contribution is -2.47. The maximum atomic E-state index is 8.11. The van der Waals surface area contributed by atoms with Crippen LogP contribution in [-0.4, -0.2) is 100 Å². The molecule has 8 bridgehead atoms. The number of aliphatic imine (C=N–C) groups is 2. The van der Waals surface area contributed by atoms with Gasteiger partial charge in [0.05, 0.1) is 27.8 Å².